The molecular formula is C14H21N3O3. The van der Waals surface area contributed by atoms with Crippen LogP contribution in [0.1, 0.15) is 18.3 Å². The first-order chi connectivity index (χ1) is 9.61. The monoisotopic (exact) mass is 279 g/mol. The van der Waals surface area contributed by atoms with Crippen molar-refractivity contribution in [3.63, 3.8) is 0 Å². The molecule has 0 aliphatic carbocycles. The Morgan fingerprint density at radius 2 is 2.20 bits per heavy atom. The van der Waals surface area contributed by atoms with Crippen LogP contribution in [-0.4, -0.2) is 48.3 Å². The van der Waals surface area contributed by atoms with Gasteiger partial charge in [-0.15, -0.1) is 0 Å². The average molecular weight is 279 g/mol. The Labute approximate surface area is 118 Å². The van der Waals surface area contributed by atoms with Crippen molar-refractivity contribution in [3.05, 3.63) is 40.8 Å². The molecule has 2 rings (SSSR count). The van der Waals surface area contributed by atoms with E-state index in [-0.39, 0.29) is 18.1 Å². The minimum absolute atomic E-state index is 0.0846. The van der Waals surface area contributed by atoms with Gasteiger partial charge in [-0.2, -0.15) is 4.91 Å². The Balaban J connectivity index is 1.86. The van der Waals surface area contributed by atoms with Crippen LogP contribution in [0.5, 0.6) is 0 Å². The van der Waals surface area contributed by atoms with Gasteiger partial charge in [-0.1, -0.05) is 35.5 Å². The largest absolute Gasteiger partial charge is 0.364 e. The van der Waals surface area contributed by atoms with Crippen LogP contribution in [0.15, 0.2) is 35.5 Å². The van der Waals surface area contributed by atoms with Gasteiger partial charge in [0, 0.05) is 24.2 Å². The molecule has 0 bridgehead atoms. The van der Waals surface area contributed by atoms with Gasteiger partial charge in [0.15, 0.2) is 6.29 Å². The lowest BCUT2D eigenvalue weighted by molar-refractivity contribution is -0.120. The van der Waals surface area contributed by atoms with Crippen LogP contribution in [0.25, 0.3) is 0 Å². The highest BCUT2D eigenvalue weighted by Crippen LogP contribution is 2.20. The Bertz CT molecular complexity index is 429. The number of hydrogen-bond acceptors (Lipinski definition) is 6. The Morgan fingerprint density at radius 1 is 1.50 bits per heavy atom. The molecule has 0 saturated carbocycles. The first-order valence-electron chi connectivity index (χ1n) is 6.74. The molecule has 1 aliphatic rings. The number of aliphatic hydroxyl groups excluding tert-OH is 1. The molecule has 1 aromatic carbocycles. The second-order valence-corrected chi connectivity index (χ2v) is 5.26. The van der Waals surface area contributed by atoms with E-state index in [1.165, 1.54) is 0 Å². The van der Waals surface area contributed by atoms with Crippen molar-refractivity contribution in [1.29, 1.82) is 0 Å². The van der Waals surface area contributed by atoms with Crippen molar-refractivity contribution in [2.24, 2.45) is 10.9 Å². The standard InChI is InChI=1S/C14H21N3O3/c1-17-8-13(16-19)12(15)7-11(17)9-20-14(18)10-5-3-2-4-6-10/h2-6,11-14,18H,7-9,15H2,1H3/t11?,12-,13+,14-/m0/s1. The maximum absolute atomic E-state index is 10.6. The van der Waals surface area contributed by atoms with Gasteiger partial charge in [-0.3, -0.25) is 4.90 Å². The van der Waals surface area contributed by atoms with Crippen molar-refractivity contribution in [2.75, 3.05) is 20.2 Å². The second kappa shape index (κ2) is 6.90. The molecule has 110 valence electrons. The molecule has 20 heavy (non-hydrogen) atoms. The molecule has 1 aliphatic heterocycles. The predicted molar refractivity (Wildman–Crippen MR) is 75.9 cm³/mol. The van der Waals surface area contributed by atoms with E-state index in [2.05, 4.69) is 5.18 Å². The van der Waals surface area contributed by atoms with Gasteiger partial charge in [-0.25, -0.2) is 0 Å². The summed E-state index contributed by atoms with van der Waals surface area (Å²) in [4.78, 5) is 12.7. The highest BCUT2D eigenvalue weighted by molar-refractivity contribution is 5.15. The molecule has 1 saturated heterocycles. The van der Waals surface area contributed by atoms with Crippen LogP contribution in [0.3, 0.4) is 0 Å². The first kappa shape index (κ1) is 15.1. The van der Waals surface area contributed by atoms with Crippen molar-refractivity contribution in [3.8, 4) is 0 Å². The van der Waals surface area contributed by atoms with Crippen LogP contribution in [0.4, 0.5) is 0 Å². The third kappa shape index (κ3) is 3.61. The fourth-order valence-corrected chi connectivity index (χ4v) is 2.45. The number of nitrogens with two attached hydrogens (primary N) is 1. The fourth-order valence-electron chi connectivity index (χ4n) is 2.45. The van der Waals surface area contributed by atoms with Crippen LogP contribution >= 0.6 is 0 Å². The van der Waals surface area contributed by atoms with Crippen molar-refractivity contribution in [1.82, 2.24) is 4.90 Å². The normalized spacial score (nSPS) is 29.1. The molecule has 0 aromatic heterocycles. The second-order valence-electron chi connectivity index (χ2n) is 5.26. The highest BCUT2D eigenvalue weighted by atomic mass is 16.6. The zero-order chi connectivity index (χ0) is 14.5. The lowest BCUT2D eigenvalue weighted by Crippen LogP contribution is -2.54. The summed E-state index contributed by atoms with van der Waals surface area (Å²) >= 11 is 0. The summed E-state index contributed by atoms with van der Waals surface area (Å²) < 4.78 is 5.50. The maximum Gasteiger partial charge on any atom is 0.181 e. The summed E-state index contributed by atoms with van der Waals surface area (Å²) in [5.41, 5.74) is 6.65. The summed E-state index contributed by atoms with van der Waals surface area (Å²) in [5, 5.41) is 13.0. The van der Waals surface area contributed by atoms with Gasteiger partial charge in [-0.05, 0) is 13.5 Å². The van der Waals surface area contributed by atoms with Crippen LogP contribution in [0.2, 0.25) is 0 Å². The number of nitroso groups, excluding NO2 is 1. The van der Waals surface area contributed by atoms with Crippen LogP contribution < -0.4 is 5.73 Å². The summed E-state index contributed by atoms with van der Waals surface area (Å²) in [7, 11) is 1.91. The summed E-state index contributed by atoms with van der Waals surface area (Å²) in [6, 6.07) is 8.69. The molecule has 4 atom stereocenters. The number of likely N-dealkylation sites (tertiary alicyclic amines) is 1. The van der Waals surface area contributed by atoms with E-state index in [0.717, 1.165) is 5.56 Å². The molecule has 6 heteroatoms. The molecule has 1 fully saturated rings. The van der Waals surface area contributed by atoms with Crippen LogP contribution in [-0.2, 0) is 4.74 Å². The SMILES string of the molecule is CN1C[C@@H](N=O)[C@@H](N)CC1CO[C@H](O)c1ccccc1. The molecule has 0 radical (unpaired) electrons. The summed E-state index contributed by atoms with van der Waals surface area (Å²) in [5.74, 6) is 0. The van der Waals surface area contributed by atoms with E-state index in [4.69, 9.17) is 10.5 Å². The highest BCUT2D eigenvalue weighted by Gasteiger charge is 2.32. The van der Waals surface area contributed by atoms with Crippen molar-refractivity contribution >= 4 is 0 Å². The molecule has 1 aromatic rings. The van der Waals surface area contributed by atoms with Gasteiger partial charge in [0.1, 0.15) is 6.04 Å². The van der Waals surface area contributed by atoms with Crippen molar-refractivity contribution in [2.45, 2.75) is 30.8 Å². The Morgan fingerprint density at radius 3 is 2.85 bits per heavy atom. The minimum atomic E-state index is -0.942. The van der Waals surface area contributed by atoms with E-state index in [1.54, 1.807) is 0 Å². The lowest BCUT2D eigenvalue weighted by atomic mass is 9.95. The predicted octanol–water partition coefficient (Wildman–Crippen LogP) is 0.861. The molecule has 1 unspecified atom stereocenters. The molecular weight excluding hydrogens is 258 g/mol. The lowest BCUT2D eigenvalue weighted by Gasteiger charge is -2.38. The number of nitrogens with zero attached hydrogens (tertiary/aromatic N) is 2. The first-order valence-corrected chi connectivity index (χ1v) is 6.74. The van der Waals surface area contributed by atoms with Crippen molar-refractivity contribution < 1.29 is 9.84 Å². The number of hydrogen-bond donors (Lipinski definition) is 2. The third-order valence-electron chi connectivity index (χ3n) is 3.80. The molecule has 0 amide bonds. The van der Waals surface area contributed by atoms with E-state index < -0.39 is 6.29 Å². The summed E-state index contributed by atoms with van der Waals surface area (Å²) in [6.45, 7) is 0.895. The third-order valence-corrected chi connectivity index (χ3v) is 3.80. The Hall–Kier alpha value is -1.34. The molecule has 3 N–H and O–H groups in total. The van der Waals surface area contributed by atoms with Gasteiger partial charge in [0.25, 0.3) is 0 Å². The smallest absolute Gasteiger partial charge is 0.181 e. The fraction of sp³-hybridized carbons (Fsp3) is 0.571. The van der Waals surface area contributed by atoms with Gasteiger partial charge in [0.05, 0.1) is 6.61 Å². The van der Waals surface area contributed by atoms with Crippen LogP contribution in [0, 0.1) is 4.91 Å². The Kier molecular flexibility index (Phi) is 5.19. The molecule has 0 spiro atoms. The number of ether oxygens (including phenoxy) is 1. The van der Waals surface area contributed by atoms with Gasteiger partial charge >= 0.3 is 0 Å². The average Bonchev–Trinajstić information content (AvgIpc) is 2.48. The zero-order valence-corrected chi connectivity index (χ0v) is 11.6. The van der Waals surface area contributed by atoms with E-state index >= 15 is 0 Å². The van der Waals surface area contributed by atoms with E-state index in [1.807, 2.05) is 42.3 Å². The quantitative estimate of drug-likeness (QED) is 0.616. The topological polar surface area (TPSA) is 88.2 Å². The minimum Gasteiger partial charge on any atom is -0.364 e. The van der Waals surface area contributed by atoms with Gasteiger partial charge in [0.2, 0.25) is 0 Å². The van der Waals surface area contributed by atoms with E-state index in [9.17, 15) is 10.0 Å². The molecule has 1 heterocycles. The van der Waals surface area contributed by atoms with E-state index in [0.29, 0.717) is 19.6 Å². The number of rotatable bonds is 5. The maximum atomic E-state index is 10.6. The van der Waals surface area contributed by atoms with Gasteiger partial charge < -0.3 is 15.6 Å². The summed E-state index contributed by atoms with van der Waals surface area (Å²) in [6.07, 6.45) is -0.309. The number of benzene rings is 1. The molecule has 6 nitrogen and oxygen atoms in total. The number of likely N-dealkylation sites (N-methyl/N-ethyl adjacent to an activating group) is 1. The number of piperidine rings is 1. The zero-order valence-electron chi connectivity index (χ0n) is 11.6. The number of aliphatic hydroxyl groups is 1.